The maximum absolute atomic E-state index is 12.1. The van der Waals surface area contributed by atoms with Crippen LogP contribution in [0.5, 0.6) is 0 Å². The molecule has 0 bridgehead atoms. The van der Waals surface area contributed by atoms with Crippen molar-refractivity contribution in [3.05, 3.63) is 43.6 Å². The van der Waals surface area contributed by atoms with Crippen LogP contribution in [0.4, 0.5) is 0 Å². The molecule has 1 aromatic heterocycles. The van der Waals surface area contributed by atoms with Gasteiger partial charge in [0.2, 0.25) is 11.8 Å². The van der Waals surface area contributed by atoms with E-state index in [-0.39, 0.29) is 25.7 Å². The van der Waals surface area contributed by atoms with Crippen molar-refractivity contribution >= 4 is 17.7 Å². The Kier molecular flexibility index (Phi) is 4.36. The second kappa shape index (κ2) is 5.65. The molecule has 0 N–H and O–H groups in total. The van der Waals surface area contributed by atoms with Gasteiger partial charge < -0.3 is 0 Å². The van der Waals surface area contributed by atoms with E-state index in [1.165, 1.54) is 13.8 Å². The van der Waals surface area contributed by atoms with Gasteiger partial charge in [0.15, 0.2) is 0 Å². The highest BCUT2D eigenvalue weighted by molar-refractivity contribution is 5.94. The predicted octanol–water partition coefficient (Wildman–Crippen LogP) is -0.902. The van der Waals surface area contributed by atoms with E-state index < -0.39 is 34.8 Å². The van der Waals surface area contributed by atoms with Gasteiger partial charge in [-0.15, -0.1) is 0 Å². The largest absolute Gasteiger partial charge is 0.350 e. The molecule has 0 aliphatic carbocycles. The molecule has 21 heavy (non-hydrogen) atoms. The Balaban J connectivity index is 4.10. The van der Waals surface area contributed by atoms with Crippen LogP contribution in [0, 0.1) is 0 Å². The summed E-state index contributed by atoms with van der Waals surface area (Å²) < 4.78 is 0.179. The molecular formula is C12H13N3O6. The first kappa shape index (κ1) is 16.2. The molecule has 0 saturated carbocycles. The third-order valence-electron chi connectivity index (χ3n) is 2.58. The molecule has 9 nitrogen and oxygen atoms in total. The minimum atomic E-state index is -1.43. The molecule has 0 atom stereocenters. The number of hydrogen-bond donors (Lipinski definition) is 0. The predicted molar refractivity (Wildman–Crippen MR) is 71.9 cm³/mol. The van der Waals surface area contributed by atoms with E-state index in [4.69, 9.17) is 0 Å². The molecule has 0 spiro atoms. The van der Waals surface area contributed by atoms with E-state index in [9.17, 15) is 28.8 Å². The van der Waals surface area contributed by atoms with Crippen LogP contribution in [0.25, 0.3) is 0 Å². The van der Waals surface area contributed by atoms with Crippen LogP contribution in [0.1, 0.15) is 41.6 Å². The third-order valence-corrected chi connectivity index (χ3v) is 2.58. The van der Waals surface area contributed by atoms with Crippen molar-refractivity contribution in [3.8, 4) is 0 Å². The fraction of sp³-hybridized carbons (Fsp3) is 0.333. The van der Waals surface area contributed by atoms with Gasteiger partial charge in [-0.2, -0.15) is 13.7 Å². The number of hydrogen-bond acceptors (Lipinski definition) is 6. The minimum Gasteiger partial charge on any atom is -0.274 e. The molecule has 0 fully saturated rings. The van der Waals surface area contributed by atoms with E-state index in [0.717, 1.165) is 6.92 Å². The first-order valence-corrected chi connectivity index (χ1v) is 5.90. The zero-order chi connectivity index (χ0) is 16.5. The van der Waals surface area contributed by atoms with Gasteiger partial charge in [0.05, 0.1) is 0 Å². The Morgan fingerprint density at radius 2 is 1.33 bits per heavy atom. The molecular weight excluding hydrogens is 282 g/mol. The van der Waals surface area contributed by atoms with Crippen LogP contribution in [0.2, 0.25) is 0 Å². The second-order valence-electron chi connectivity index (χ2n) is 4.21. The quantitative estimate of drug-likeness (QED) is 0.652. The summed E-state index contributed by atoms with van der Waals surface area (Å²) in [7, 11) is 0. The number of aromatic nitrogens is 3. The van der Waals surface area contributed by atoms with Gasteiger partial charge in [-0.25, -0.2) is 14.4 Å². The van der Waals surface area contributed by atoms with E-state index in [0.29, 0.717) is 0 Å². The fourth-order valence-electron chi connectivity index (χ4n) is 1.55. The van der Waals surface area contributed by atoms with Crippen molar-refractivity contribution < 1.29 is 14.4 Å². The van der Waals surface area contributed by atoms with Crippen LogP contribution >= 0.6 is 0 Å². The number of allylic oxidation sites excluding steroid dienone is 1. The van der Waals surface area contributed by atoms with E-state index >= 15 is 0 Å². The number of rotatable bonds is 2. The van der Waals surface area contributed by atoms with Crippen molar-refractivity contribution in [1.29, 1.82) is 0 Å². The smallest absolute Gasteiger partial charge is 0.274 e. The normalized spacial score (nSPS) is 10.2. The van der Waals surface area contributed by atoms with Gasteiger partial charge >= 0.3 is 17.1 Å². The summed E-state index contributed by atoms with van der Waals surface area (Å²) in [5.41, 5.74) is -4.40. The lowest BCUT2D eigenvalue weighted by atomic mass is 10.3. The number of carbonyl (C=O) groups is 3. The SMILES string of the molecule is C=C(C)C(=O)n1c(=O)n(C(C)=O)c(=O)n(C(=O)CC)c1=O. The first-order valence-electron chi connectivity index (χ1n) is 5.90. The summed E-state index contributed by atoms with van der Waals surface area (Å²) in [5.74, 6) is -3.06. The molecule has 0 amide bonds. The standard InChI is InChI=1S/C12H13N3O6/c1-5-8(17)14-10(19)13(7(4)16)11(20)15(12(14)21)9(18)6(2)3/h2,5H2,1,3-4H3. The van der Waals surface area contributed by atoms with Crippen molar-refractivity contribution in [1.82, 2.24) is 13.7 Å². The lowest BCUT2D eigenvalue weighted by Gasteiger charge is -2.09. The minimum absolute atomic E-state index is 0.0404. The fourth-order valence-corrected chi connectivity index (χ4v) is 1.55. The van der Waals surface area contributed by atoms with Gasteiger partial charge in [0.1, 0.15) is 0 Å². The van der Waals surface area contributed by atoms with E-state index in [1.807, 2.05) is 0 Å². The zero-order valence-electron chi connectivity index (χ0n) is 11.7. The Morgan fingerprint density at radius 1 is 0.905 bits per heavy atom. The molecule has 0 aliphatic rings. The third kappa shape index (κ3) is 2.57. The highest BCUT2D eigenvalue weighted by Crippen LogP contribution is 1.90. The summed E-state index contributed by atoms with van der Waals surface area (Å²) in [6.07, 6.45) is -0.230. The average Bonchev–Trinajstić information content (AvgIpc) is 2.37. The average molecular weight is 295 g/mol. The van der Waals surface area contributed by atoms with Crippen molar-refractivity contribution in [2.75, 3.05) is 0 Å². The topological polar surface area (TPSA) is 117 Å². The number of carbonyl (C=O) groups excluding carboxylic acids is 3. The summed E-state index contributed by atoms with van der Waals surface area (Å²) in [5, 5.41) is 0. The Bertz CT molecular complexity index is 836. The van der Waals surface area contributed by atoms with Crippen LogP contribution in [0.3, 0.4) is 0 Å². The molecule has 0 radical (unpaired) electrons. The van der Waals surface area contributed by atoms with E-state index in [1.54, 1.807) is 0 Å². The second-order valence-corrected chi connectivity index (χ2v) is 4.21. The molecule has 9 heteroatoms. The molecule has 1 heterocycles. The van der Waals surface area contributed by atoms with Crippen LogP contribution in [0.15, 0.2) is 26.5 Å². The maximum Gasteiger partial charge on any atom is 0.350 e. The van der Waals surface area contributed by atoms with E-state index in [2.05, 4.69) is 6.58 Å². The van der Waals surface area contributed by atoms with Crippen LogP contribution in [-0.4, -0.2) is 31.4 Å². The van der Waals surface area contributed by atoms with Crippen LogP contribution in [-0.2, 0) is 0 Å². The lowest BCUT2D eigenvalue weighted by Crippen LogP contribution is -2.59. The molecule has 0 unspecified atom stereocenters. The summed E-state index contributed by atoms with van der Waals surface area (Å²) >= 11 is 0. The Hall–Kier alpha value is -2.84. The number of nitrogens with zero attached hydrogens (tertiary/aromatic N) is 3. The maximum atomic E-state index is 12.1. The summed E-state index contributed by atoms with van der Waals surface area (Å²) in [6.45, 7) is 6.80. The van der Waals surface area contributed by atoms with Gasteiger partial charge in [0, 0.05) is 18.9 Å². The molecule has 112 valence electrons. The van der Waals surface area contributed by atoms with Gasteiger partial charge in [-0.3, -0.25) is 14.4 Å². The van der Waals surface area contributed by atoms with Gasteiger partial charge in [0.25, 0.3) is 5.91 Å². The van der Waals surface area contributed by atoms with Gasteiger partial charge in [-0.05, 0) is 6.92 Å². The molecule has 0 saturated heterocycles. The first-order chi connectivity index (χ1) is 9.64. The van der Waals surface area contributed by atoms with Crippen molar-refractivity contribution in [2.45, 2.75) is 27.2 Å². The Morgan fingerprint density at radius 3 is 1.71 bits per heavy atom. The summed E-state index contributed by atoms with van der Waals surface area (Å²) in [4.78, 5) is 70.9. The molecule has 0 aromatic carbocycles. The highest BCUT2D eigenvalue weighted by Gasteiger charge is 2.24. The monoisotopic (exact) mass is 295 g/mol. The highest BCUT2D eigenvalue weighted by atomic mass is 16.2. The molecule has 1 rings (SSSR count). The Labute approximate surface area is 117 Å². The summed E-state index contributed by atoms with van der Waals surface area (Å²) in [6, 6.07) is 0. The lowest BCUT2D eigenvalue weighted by molar-refractivity contribution is 0.0865. The van der Waals surface area contributed by atoms with Crippen LogP contribution < -0.4 is 17.1 Å². The zero-order valence-corrected chi connectivity index (χ0v) is 11.7. The molecule has 1 aromatic rings. The van der Waals surface area contributed by atoms with Gasteiger partial charge in [-0.1, -0.05) is 13.5 Å². The molecule has 0 aliphatic heterocycles. The van der Waals surface area contributed by atoms with Crippen molar-refractivity contribution in [2.24, 2.45) is 0 Å². The van der Waals surface area contributed by atoms with Crippen molar-refractivity contribution in [3.63, 3.8) is 0 Å².